The number of aromatic nitrogens is 6. The van der Waals surface area contributed by atoms with Crippen LogP contribution >= 0.6 is 0 Å². The minimum Gasteiger partial charge on any atom is -0.356 e. The van der Waals surface area contributed by atoms with Crippen LogP contribution in [0.3, 0.4) is 0 Å². The lowest BCUT2D eigenvalue weighted by Crippen LogP contribution is -2.25. The lowest BCUT2D eigenvalue weighted by Gasteiger charge is -2.23. The fraction of sp³-hybridized carbons (Fsp3) is 0.286. The maximum absolute atomic E-state index is 11.9. The second kappa shape index (κ2) is 7.58. The molecule has 154 valence electrons. The van der Waals surface area contributed by atoms with Crippen molar-refractivity contribution in [2.75, 3.05) is 11.9 Å². The van der Waals surface area contributed by atoms with E-state index < -0.39 is 0 Å². The van der Waals surface area contributed by atoms with Crippen LogP contribution in [0.2, 0.25) is 0 Å². The van der Waals surface area contributed by atoms with Gasteiger partial charge >= 0.3 is 0 Å². The van der Waals surface area contributed by atoms with E-state index in [2.05, 4.69) is 26.5 Å². The monoisotopic (exact) mass is 405 g/mol. The van der Waals surface area contributed by atoms with Crippen LogP contribution in [-0.4, -0.2) is 36.7 Å². The van der Waals surface area contributed by atoms with Crippen LogP contribution in [0.15, 0.2) is 51.9 Å². The third-order valence-electron chi connectivity index (χ3n) is 5.23. The van der Waals surface area contributed by atoms with Crippen molar-refractivity contribution in [1.29, 1.82) is 0 Å². The van der Waals surface area contributed by atoms with E-state index in [-0.39, 0.29) is 11.6 Å². The quantitative estimate of drug-likeness (QED) is 0.504. The molecule has 0 bridgehead atoms. The van der Waals surface area contributed by atoms with Crippen molar-refractivity contribution in [2.45, 2.75) is 19.9 Å². The summed E-state index contributed by atoms with van der Waals surface area (Å²) in [6.07, 6.45) is 1.60. The fourth-order valence-corrected chi connectivity index (χ4v) is 3.26. The van der Waals surface area contributed by atoms with E-state index in [1.807, 2.05) is 61.7 Å². The Hall–Kier alpha value is -3.75. The molecule has 1 atom stereocenters. The molecule has 4 rings (SSSR count). The van der Waals surface area contributed by atoms with Gasteiger partial charge in [-0.3, -0.25) is 9.36 Å². The molecule has 0 aliphatic carbocycles. The zero-order chi connectivity index (χ0) is 21.4. The number of anilines is 1. The molecule has 0 aliphatic rings. The Kier molecular flexibility index (Phi) is 4.94. The van der Waals surface area contributed by atoms with E-state index in [9.17, 15) is 4.79 Å². The maximum atomic E-state index is 11.9. The number of benzene rings is 1. The molecule has 3 heterocycles. The fourth-order valence-electron chi connectivity index (χ4n) is 3.26. The Bertz CT molecular complexity index is 1250. The molecule has 9 nitrogen and oxygen atoms in total. The standard InChI is InChI=1S/C21H23N7O2/c1-13-7-6-8-15(9-13)18-11-17(25-30-18)14(2)26(3)21-24-23-20(27(21)4)16-10-19(29)28(5)22-12-16/h6-12,14H,1-5H3/t14-/m0/s1. The van der Waals surface area contributed by atoms with Gasteiger partial charge in [-0.05, 0) is 19.9 Å². The Morgan fingerprint density at radius 3 is 2.63 bits per heavy atom. The number of hydrogen-bond donors (Lipinski definition) is 0. The van der Waals surface area contributed by atoms with Gasteiger partial charge in [0.05, 0.1) is 12.2 Å². The number of hydrogen-bond acceptors (Lipinski definition) is 7. The summed E-state index contributed by atoms with van der Waals surface area (Å²) in [6, 6.07) is 11.4. The van der Waals surface area contributed by atoms with E-state index in [4.69, 9.17) is 4.52 Å². The van der Waals surface area contributed by atoms with Gasteiger partial charge in [0.25, 0.3) is 5.56 Å². The number of rotatable bonds is 5. The van der Waals surface area contributed by atoms with E-state index >= 15 is 0 Å². The SMILES string of the molecule is Cc1cccc(-c2cc([C@H](C)N(C)c3nnc(-c4cnn(C)c(=O)c4)n3C)no2)c1. The Balaban J connectivity index is 1.61. The lowest BCUT2D eigenvalue weighted by molar-refractivity contribution is 0.417. The molecule has 0 aliphatic heterocycles. The van der Waals surface area contributed by atoms with E-state index in [0.717, 1.165) is 22.6 Å². The van der Waals surface area contributed by atoms with Gasteiger partial charge in [0.15, 0.2) is 11.6 Å². The third kappa shape index (κ3) is 3.49. The van der Waals surface area contributed by atoms with Crippen molar-refractivity contribution in [3.63, 3.8) is 0 Å². The molecule has 30 heavy (non-hydrogen) atoms. The highest BCUT2D eigenvalue weighted by atomic mass is 16.5. The van der Waals surface area contributed by atoms with E-state index in [1.165, 1.54) is 10.7 Å². The highest BCUT2D eigenvalue weighted by Gasteiger charge is 2.22. The third-order valence-corrected chi connectivity index (χ3v) is 5.23. The largest absolute Gasteiger partial charge is 0.356 e. The first kappa shape index (κ1) is 19.6. The molecule has 0 amide bonds. The van der Waals surface area contributed by atoms with Crippen LogP contribution in [0, 0.1) is 6.92 Å². The van der Waals surface area contributed by atoms with Gasteiger partial charge in [-0.15, -0.1) is 10.2 Å². The van der Waals surface area contributed by atoms with Crippen molar-refractivity contribution >= 4 is 5.95 Å². The summed E-state index contributed by atoms with van der Waals surface area (Å²) in [6.45, 7) is 4.06. The molecule has 0 radical (unpaired) electrons. The molecule has 0 saturated carbocycles. The van der Waals surface area contributed by atoms with Crippen LogP contribution in [0.4, 0.5) is 5.95 Å². The smallest absolute Gasteiger partial charge is 0.267 e. The predicted octanol–water partition coefficient (Wildman–Crippen LogP) is 2.74. The van der Waals surface area contributed by atoms with E-state index in [1.54, 1.807) is 13.2 Å². The van der Waals surface area contributed by atoms with Gasteiger partial charge in [-0.2, -0.15) is 5.10 Å². The van der Waals surface area contributed by atoms with Gasteiger partial charge in [0, 0.05) is 44.4 Å². The molecule has 0 spiro atoms. The first-order valence-electron chi connectivity index (χ1n) is 9.54. The zero-order valence-corrected chi connectivity index (χ0v) is 17.6. The van der Waals surface area contributed by atoms with Crippen LogP contribution in [-0.2, 0) is 14.1 Å². The highest BCUT2D eigenvalue weighted by Crippen LogP contribution is 2.29. The molecule has 0 saturated heterocycles. The highest BCUT2D eigenvalue weighted by molar-refractivity contribution is 5.59. The van der Waals surface area contributed by atoms with Gasteiger partial charge in [-0.1, -0.05) is 28.9 Å². The number of aryl methyl sites for hydroxylation is 2. The summed E-state index contributed by atoms with van der Waals surface area (Å²) in [7, 11) is 5.38. The van der Waals surface area contributed by atoms with Gasteiger partial charge < -0.3 is 9.42 Å². The molecule has 3 aromatic heterocycles. The molecule has 0 unspecified atom stereocenters. The normalized spacial score (nSPS) is 12.2. The molecule has 1 aromatic carbocycles. The van der Waals surface area contributed by atoms with Crippen molar-refractivity contribution in [3.05, 3.63) is 64.2 Å². The van der Waals surface area contributed by atoms with Crippen LogP contribution in [0.1, 0.15) is 24.2 Å². The molecule has 0 N–H and O–H groups in total. The predicted molar refractivity (Wildman–Crippen MR) is 113 cm³/mol. The van der Waals surface area contributed by atoms with Crippen molar-refractivity contribution < 1.29 is 4.52 Å². The maximum Gasteiger partial charge on any atom is 0.267 e. The number of nitrogens with zero attached hydrogens (tertiary/aromatic N) is 7. The minimum absolute atomic E-state index is 0.107. The lowest BCUT2D eigenvalue weighted by atomic mass is 10.1. The first-order valence-corrected chi connectivity index (χ1v) is 9.54. The molecule has 9 heteroatoms. The van der Waals surface area contributed by atoms with E-state index in [0.29, 0.717) is 17.3 Å². The van der Waals surface area contributed by atoms with Crippen molar-refractivity contribution in [2.24, 2.45) is 14.1 Å². The average molecular weight is 405 g/mol. The van der Waals surface area contributed by atoms with Gasteiger partial charge in [0.1, 0.15) is 5.69 Å². The average Bonchev–Trinajstić information content (AvgIpc) is 3.36. The summed E-state index contributed by atoms with van der Waals surface area (Å²) in [4.78, 5) is 13.9. The topological polar surface area (TPSA) is 94.9 Å². The zero-order valence-electron chi connectivity index (χ0n) is 17.6. The molecular weight excluding hydrogens is 382 g/mol. The summed E-state index contributed by atoms with van der Waals surface area (Å²) < 4.78 is 8.67. The molecule has 4 aromatic rings. The Morgan fingerprint density at radius 2 is 1.90 bits per heavy atom. The van der Waals surface area contributed by atoms with Crippen LogP contribution < -0.4 is 10.5 Å². The Morgan fingerprint density at radius 1 is 1.10 bits per heavy atom. The van der Waals surface area contributed by atoms with Crippen molar-refractivity contribution in [3.8, 4) is 22.7 Å². The second-order valence-electron chi connectivity index (χ2n) is 7.36. The molecule has 0 fully saturated rings. The first-order chi connectivity index (χ1) is 14.3. The summed E-state index contributed by atoms with van der Waals surface area (Å²) in [5.41, 5.74) is 3.34. The summed E-state index contributed by atoms with van der Waals surface area (Å²) >= 11 is 0. The summed E-state index contributed by atoms with van der Waals surface area (Å²) in [5, 5.41) is 16.9. The second-order valence-corrected chi connectivity index (χ2v) is 7.36. The van der Waals surface area contributed by atoms with Crippen LogP contribution in [0.25, 0.3) is 22.7 Å². The minimum atomic E-state index is -0.204. The summed E-state index contributed by atoms with van der Waals surface area (Å²) in [5.74, 6) is 1.92. The van der Waals surface area contributed by atoms with Gasteiger partial charge in [-0.25, -0.2) is 4.68 Å². The Labute approximate surface area is 173 Å². The van der Waals surface area contributed by atoms with Gasteiger partial charge in [0.2, 0.25) is 5.95 Å². The molecular formula is C21H23N7O2. The van der Waals surface area contributed by atoms with Crippen molar-refractivity contribution in [1.82, 2.24) is 29.7 Å². The van der Waals surface area contributed by atoms with Crippen LogP contribution in [0.5, 0.6) is 0 Å².